The lowest BCUT2D eigenvalue weighted by Crippen LogP contribution is -2.33. The van der Waals surface area contributed by atoms with Crippen LogP contribution in [0.4, 0.5) is 0 Å². The number of aromatic amines is 1. The molecule has 146 valence electrons. The van der Waals surface area contributed by atoms with Crippen LogP contribution in [-0.2, 0) is 0 Å². The van der Waals surface area contributed by atoms with Gasteiger partial charge < -0.3 is 5.11 Å². The van der Waals surface area contributed by atoms with Gasteiger partial charge in [-0.05, 0) is 30.7 Å². The van der Waals surface area contributed by atoms with Crippen LogP contribution in [0, 0.1) is 0 Å². The van der Waals surface area contributed by atoms with Gasteiger partial charge in [0.15, 0.2) is 0 Å². The second-order valence-corrected chi connectivity index (χ2v) is 8.69. The highest BCUT2D eigenvalue weighted by Crippen LogP contribution is 2.35. The summed E-state index contributed by atoms with van der Waals surface area (Å²) in [6.45, 7) is 2.09. The molecule has 0 saturated carbocycles. The molecule has 29 heavy (non-hydrogen) atoms. The summed E-state index contributed by atoms with van der Waals surface area (Å²) in [4.78, 5) is 40.7. The van der Waals surface area contributed by atoms with E-state index in [9.17, 15) is 19.5 Å². The van der Waals surface area contributed by atoms with Crippen LogP contribution < -0.4 is 11.2 Å². The Kier molecular flexibility index (Phi) is 5.12. The van der Waals surface area contributed by atoms with Crippen molar-refractivity contribution in [1.29, 1.82) is 0 Å². The zero-order chi connectivity index (χ0) is 20.5. The number of benzene rings is 2. The van der Waals surface area contributed by atoms with Gasteiger partial charge in [-0.2, -0.15) is 0 Å². The molecule has 4 rings (SSSR count). The molecule has 0 radical (unpaired) electrons. The number of hydrogen-bond acceptors (Lipinski definition) is 5. The summed E-state index contributed by atoms with van der Waals surface area (Å²) in [5.41, 5.74) is 0.220. The topological polar surface area (TPSA) is 92.2 Å². The van der Waals surface area contributed by atoms with Gasteiger partial charge in [-0.25, -0.2) is 14.2 Å². The fourth-order valence-electron chi connectivity index (χ4n) is 3.10. The Morgan fingerprint density at radius 1 is 1.14 bits per heavy atom. The fourth-order valence-corrected chi connectivity index (χ4v) is 5.07. The molecule has 0 spiro atoms. The molecule has 4 aromatic rings. The Labute approximate surface area is 173 Å². The second kappa shape index (κ2) is 7.73. The van der Waals surface area contributed by atoms with E-state index in [1.165, 1.54) is 10.9 Å². The van der Waals surface area contributed by atoms with Crippen molar-refractivity contribution >= 4 is 39.3 Å². The Morgan fingerprint density at radius 2 is 1.90 bits per heavy atom. The zero-order valence-electron chi connectivity index (χ0n) is 15.3. The average Bonchev–Trinajstić information content (AvgIpc) is 3.13. The standard InChI is InChI=1S/C21H16N2O4S2/c1-12(13-6-3-2-4-7-13)29-15-9-5-8-14(10-15)23-19(24)17-16(20(25)26)11-28-18(17)22-21(23)27/h2-12H,1H3,(H,22,27)(H,25,26). The molecule has 0 amide bonds. The van der Waals surface area contributed by atoms with E-state index in [1.807, 2.05) is 24.3 Å². The van der Waals surface area contributed by atoms with Crippen LogP contribution in [0.1, 0.15) is 28.1 Å². The number of rotatable bonds is 5. The van der Waals surface area contributed by atoms with Crippen molar-refractivity contribution in [2.45, 2.75) is 17.1 Å². The summed E-state index contributed by atoms with van der Waals surface area (Å²) in [5.74, 6) is -1.20. The Hall–Kier alpha value is -3.10. The van der Waals surface area contributed by atoms with E-state index in [0.717, 1.165) is 20.8 Å². The maximum Gasteiger partial charge on any atom is 0.337 e. The first-order valence-electron chi connectivity index (χ1n) is 8.77. The molecule has 0 fully saturated rings. The molecule has 6 nitrogen and oxygen atoms in total. The molecular formula is C21H16N2O4S2. The lowest BCUT2D eigenvalue weighted by Gasteiger charge is -2.13. The highest BCUT2D eigenvalue weighted by molar-refractivity contribution is 7.99. The van der Waals surface area contributed by atoms with E-state index in [2.05, 4.69) is 24.0 Å². The number of thiophene rings is 1. The van der Waals surface area contributed by atoms with Crippen molar-refractivity contribution in [3.8, 4) is 5.69 Å². The van der Waals surface area contributed by atoms with Crippen molar-refractivity contribution in [1.82, 2.24) is 9.55 Å². The van der Waals surface area contributed by atoms with E-state index in [1.54, 1.807) is 30.0 Å². The number of H-pyrrole nitrogens is 1. The predicted molar refractivity (Wildman–Crippen MR) is 116 cm³/mol. The van der Waals surface area contributed by atoms with E-state index in [0.29, 0.717) is 5.69 Å². The van der Waals surface area contributed by atoms with Crippen LogP contribution in [0.25, 0.3) is 15.9 Å². The van der Waals surface area contributed by atoms with Crippen LogP contribution in [0.5, 0.6) is 0 Å². The van der Waals surface area contributed by atoms with Crippen molar-refractivity contribution in [2.75, 3.05) is 0 Å². The number of thioether (sulfide) groups is 1. The molecule has 0 aliphatic rings. The Balaban J connectivity index is 1.78. The smallest absolute Gasteiger partial charge is 0.337 e. The number of nitrogens with zero attached hydrogens (tertiary/aromatic N) is 1. The normalized spacial score (nSPS) is 12.2. The van der Waals surface area contributed by atoms with E-state index >= 15 is 0 Å². The molecule has 0 aliphatic heterocycles. The van der Waals surface area contributed by atoms with Gasteiger partial charge >= 0.3 is 11.7 Å². The third kappa shape index (κ3) is 3.64. The second-order valence-electron chi connectivity index (χ2n) is 6.40. The number of carboxylic acids is 1. The van der Waals surface area contributed by atoms with Gasteiger partial charge in [-0.1, -0.05) is 36.4 Å². The number of fused-ring (bicyclic) bond motifs is 1. The van der Waals surface area contributed by atoms with Crippen LogP contribution in [-0.4, -0.2) is 20.6 Å². The van der Waals surface area contributed by atoms with Crippen LogP contribution >= 0.6 is 23.1 Å². The molecule has 1 unspecified atom stereocenters. The number of nitrogens with one attached hydrogen (secondary N) is 1. The largest absolute Gasteiger partial charge is 0.478 e. The molecule has 0 aliphatic carbocycles. The van der Waals surface area contributed by atoms with Gasteiger partial charge in [0.05, 0.1) is 16.6 Å². The highest BCUT2D eigenvalue weighted by Gasteiger charge is 2.19. The molecule has 0 bridgehead atoms. The third-order valence-electron chi connectivity index (χ3n) is 4.52. The Morgan fingerprint density at radius 3 is 2.62 bits per heavy atom. The minimum Gasteiger partial charge on any atom is -0.478 e. The van der Waals surface area contributed by atoms with Gasteiger partial charge in [0.2, 0.25) is 0 Å². The summed E-state index contributed by atoms with van der Waals surface area (Å²) in [7, 11) is 0. The maximum absolute atomic E-state index is 13.0. The average molecular weight is 425 g/mol. The summed E-state index contributed by atoms with van der Waals surface area (Å²) in [6, 6.07) is 17.1. The number of hydrogen-bond donors (Lipinski definition) is 2. The number of carboxylic acid groups (broad SMARTS) is 1. The van der Waals surface area contributed by atoms with Crippen LogP contribution in [0.15, 0.2) is 74.5 Å². The van der Waals surface area contributed by atoms with Crippen molar-refractivity contribution in [2.24, 2.45) is 0 Å². The van der Waals surface area contributed by atoms with Gasteiger partial charge in [-0.15, -0.1) is 23.1 Å². The van der Waals surface area contributed by atoms with E-state index < -0.39 is 17.2 Å². The molecule has 2 heterocycles. The summed E-state index contributed by atoms with van der Waals surface area (Å²) in [6.07, 6.45) is 0. The van der Waals surface area contributed by atoms with Gasteiger partial charge in [0, 0.05) is 15.5 Å². The SMILES string of the molecule is CC(Sc1cccc(-n2c(=O)[nH]c3scc(C(=O)O)c3c2=O)c1)c1ccccc1. The number of aromatic nitrogens is 2. The van der Waals surface area contributed by atoms with E-state index in [4.69, 9.17) is 0 Å². The summed E-state index contributed by atoms with van der Waals surface area (Å²) >= 11 is 2.64. The van der Waals surface area contributed by atoms with Crippen LogP contribution in [0.3, 0.4) is 0 Å². The first-order chi connectivity index (χ1) is 14.0. The Bertz CT molecular complexity index is 1320. The van der Waals surface area contributed by atoms with Crippen molar-refractivity contribution < 1.29 is 9.90 Å². The zero-order valence-corrected chi connectivity index (χ0v) is 16.9. The van der Waals surface area contributed by atoms with Gasteiger partial charge in [-0.3, -0.25) is 9.78 Å². The number of aromatic carboxylic acids is 1. The quantitative estimate of drug-likeness (QED) is 0.466. The fraction of sp³-hybridized carbons (Fsp3) is 0.0952. The molecule has 2 aromatic carbocycles. The third-order valence-corrected chi connectivity index (χ3v) is 6.57. The lowest BCUT2D eigenvalue weighted by atomic mass is 10.2. The molecule has 8 heteroatoms. The molecule has 0 saturated heterocycles. The monoisotopic (exact) mass is 424 g/mol. The molecule has 2 aromatic heterocycles. The minimum absolute atomic E-state index is 0.0119. The lowest BCUT2D eigenvalue weighted by molar-refractivity contribution is 0.0699. The predicted octanol–water partition coefficient (Wildman–Crippen LogP) is 4.29. The van der Waals surface area contributed by atoms with Crippen molar-refractivity contribution in [3.63, 3.8) is 0 Å². The maximum atomic E-state index is 13.0. The van der Waals surface area contributed by atoms with Crippen LogP contribution in [0.2, 0.25) is 0 Å². The van der Waals surface area contributed by atoms with Gasteiger partial charge in [0.1, 0.15) is 4.83 Å². The molecular weight excluding hydrogens is 408 g/mol. The summed E-state index contributed by atoms with van der Waals surface area (Å²) in [5, 5.41) is 10.9. The highest BCUT2D eigenvalue weighted by atomic mass is 32.2. The first kappa shape index (κ1) is 19.2. The summed E-state index contributed by atoms with van der Waals surface area (Å²) < 4.78 is 0.985. The van der Waals surface area contributed by atoms with E-state index in [-0.39, 0.29) is 21.0 Å². The molecule has 1 atom stereocenters. The molecule has 2 N–H and O–H groups in total. The number of carbonyl (C=O) groups is 1. The first-order valence-corrected chi connectivity index (χ1v) is 10.5. The minimum atomic E-state index is -1.20. The van der Waals surface area contributed by atoms with Crippen molar-refractivity contribution in [3.05, 3.63) is 91.9 Å². The van der Waals surface area contributed by atoms with Gasteiger partial charge in [0.25, 0.3) is 5.56 Å².